The predicted molar refractivity (Wildman–Crippen MR) is 99.5 cm³/mol. The molecule has 0 bridgehead atoms. The topological polar surface area (TPSA) is 76.1 Å². The van der Waals surface area contributed by atoms with E-state index in [9.17, 15) is 19.1 Å². The molecule has 1 aromatic carbocycles. The Morgan fingerprint density at radius 3 is 2.48 bits per heavy atom. The molecule has 0 aromatic heterocycles. The highest BCUT2D eigenvalue weighted by Gasteiger charge is 2.35. The Labute approximate surface area is 159 Å². The number of ether oxygens (including phenoxy) is 2. The van der Waals surface area contributed by atoms with Crippen LogP contribution < -0.4 is 9.64 Å². The van der Waals surface area contributed by atoms with Crippen LogP contribution in [0.4, 0.5) is 10.1 Å². The van der Waals surface area contributed by atoms with Crippen LogP contribution in [0.5, 0.6) is 5.75 Å². The van der Waals surface area contributed by atoms with Gasteiger partial charge in [0.1, 0.15) is 17.2 Å². The van der Waals surface area contributed by atoms with Gasteiger partial charge in [0.25, 0.3) is 0 Å². The molecule has 7 heteroatoms. The van der Waals surface area contributed by atoms with Gasteiger partial charge in [0.05, 0.1) is 11.6 Å². The fraction of sp³-hybridized carbons (Fsp3) is 0.600. The smallest absolute Gasteiger partial charge is 0.350 e. The van der Waals surface area contributed by atoms with E-state index >= 15 is 0 Å². The highest BCUT2D eigenvalue weighted by molar-refractivity contribution is 5.79. The lowest BCUT2D eigenvalue weighted by Gasteiger charge is -2.33. The van der Waals surface area contributed by atoms with E-state index in [2.05, 4.69) is 0 Å². The quantitative estimate of drug-likeness (QED) is 0.785. The number of nitrogens with zero attached hydrogens (tertiary/aromatic N) is 1. The predicted octanol–water partition coefficient (Wildman–Crippen LogP) is 3.63. The number of benzene rings is 1. The second-order valence-electron chi connectivity index (χ2n) is 8.35. The minimum absolute atomic E-state index is 0.241. The van der Waals surface area contributed by atoms with Crippen molar-refractivity contribution >= 4 is 17.6 Å². The van der Waals surface area contributed by atoms with Gasteiger partial charge in [0.2, 0.25) is 0 Å². The van der Waals surface area contributed by atoms with Crippen LogP contribution >= 0.6 is 0 Å². The number of anilines is 1. The van der Waals surface area contributed by atoms with Crippen LogP contribution in [0.1, 0.15) is 47.5 Å². The van der Waals surface area contributed by atoms with Gasteiger partial charge in [0.15, 0.2) is 5.60 Å². The highest BCUT2D eigenvalue weighted by Crippen LogP contribution is 2.31. The van der Waals surface area contributed by atoms with E-state index in [-0.39, 0.29) is 12.2 Å². The fourth-order valence-electron chi connectivity index (χ4n) is 2.93. The van der Waals surface area contributed by atoms with Gasteiger partial charge >= 0.3 is 11.9 Å². The average molecular weight is 381 g/mol. The van der Waals surface area contributed by atoms with E-state index in [1.165, 1.54) is 18.2 Å². The largest absolute Gasteiger partial charge is 0.481 e. The molecule has 0 spiro atoms. The summed E-state index contributed by atoms with van der Waals surface area (Å²) in [4.78, 5) is 25.3. The summed E-state index contributed by atoms with van der Waals surface area (Å²) in [6, 6.07) is 4.22. The molecule has 1 N–H and O–H groups in total. The van der Waals surface area contributed by atoms with Gasteiger partial charge in [-0.15, -0.1) is 0 Å². The van der Waals surface area contributed by atoms with Crippen LogP contribution in [0.2, 0.25) is 0 Å². The molecular formula is C20H28FNO5. The Hall–Kier alpha value is -2.31. The minimum Gasteiger partial charge on any atom is -0.481 e. The summed E-state index contributed by atoms with van der Waals surface area (Å²) in [6.07, 6.45) is 1.25. The van der Waals surface area contributed by atoms with Gasteiger partial charge in [-0.25, -0.2) is 9.18 Å². The summed E-state index contributed by atoms with van der Waals surface area (Å²) >= 11 is 0. The fourth-order valence-corrected chi connectivity index (χ4v) is 2.93. The van der Waals surface area contributed by atoms with E-state index < -0.39 is 34.9 Å². The van der Waals surface area contributed by atoms with Crippen LogP contribution in [0.25, 0.3) is 0 Å². The highest BCUT2D eigenvalue weighted by atomic mass is 19.1. The van der Waals surface area contributed by atoms with Gasteiger partial charge in [-0.3, -0.25) is 4.79 Å². The number of carboxylic acids is 1. The Morgan fingerprint density at radius 2 is 1.89 bits per heavy atom. The van der Waals surface area contributed by atoms with Gasteiger partial charge in [0, 0.05) is 19.2 Å². The summed E-state index contributed by atoms with van der Waals surface area (Å²) in [5.41, 5.74) is -1.63. The summed E-state index contributed by atoms with van der Waals surface area (Å²) in [7, 11) is 0. The Bertz CT molecular complexity index is 711. The van der Waals surface area contributed by atoms with Crippen molar-refractivity contribution in [3.63, 3.8) is 0 Å². The summed E-state index contributed by atoms with van der Waals surface area (Å²) in [5, 5.41) is 9.24. The van der Waals surface area contributed by atoms with E-state index in [4.69, 9.17) is 9.47 Å². The molecule has 150 valence electrons. The summed E-state index contributed by atoms with van der Waals surface area (Å²) in [6.45, 7) is 9.30. The van der Waals surface area contributed by atoms with E-state index in [1.807, 2.05) is 0 Å². The average Bonchev–Trinajstić information content (AvgIpc) is 2.55. The zero-order valence-corrected chi connectivity index (χ0v) is 16.5. The van der Waals surface area contributed by atoms with Crippen molar-refractivity contribution in [1.82, 2.24) is 0 Å². The summed E-state index contributed by atoms with van der Waals surface area (Å²) < 4.78 is 25.5. The monoisotopic (exact) mass is 381 g/mol. The molecule has 1 heterocycles. The van der Waals surface area contributed by atoms with Crippen molar-refractivity contribution in [3.05, 3.63) is 24.0 Å². The first-order valence-corrected chi connectivity index (χ1v) is 9.09. The molecule has 1 saturated heterocycles. The Kier molecular flexibility index (Phi) is 6.02. The van der Waals surface area contributed by atoms with Crippen LogP contribution in [0.3, 0.4) is 0 Å². The normalized spacial score (nSPS) is 18.1. The first-order valence-electron chi connectivity index (χ1n) is 9.09. The Morgan fingerprint density at radius 1 is 1.22 bits per heavy atom. The van der Waals surface area contributed by atoms with Crippen LogP contribution in [-0.2, 0) is 14.3 Å². The zero-order valence-electron chi connectivity index (χ0n) is 16.5. The Balaban J connectivity index is 2.19. The lowest BCUT2D eigenvalue weighted by Crippen LogP contribution is -2.43. The third kappa shape index (κ3) is 5.58. The molecule has 1 aromatic rings. The van der Waals surface area contributed by atoms with Crippen molar-refractivity contribution in [2.45, 2.75) is 58.7 Å². The molecule has 1 aliphatic heterocycles. The maximum Gasteiger partial charge on any atom is 0.350 e. The molecule has 1 atom stereocenters. The number of carboxylic acid groups (broad SMARTS) is 1. The first kappa shape index (κ1) is 21.0. The van der Waals surface area contributed by atoms with E-state index in [1.54, 1.807) is 39.5 Å². The lowest BCUT2D eigenvalue weighted by atomic mass is 9.97. The number of rotatable bonds is 5. The van der Waals surface area contributed by atoms with Crippen LogP contribution in [0, 0.1) is 11.7 Å². The summed E-state index contributed by atoms with van der Waals surface area (Å²) in [5.74, 6) is -2.06. The molecular weight excluding hydrogens is 353 g/mol. The third-order valence-electron chi connectivity index (χ3n) is 4.29. The number of hydrogen-bond acceptors (Lipinski definition) is 5. The van der Waals surface area contributed by atoms with Crippen LogP contribution in [-0.4, -0.2) is 41.3 Å². The molecule has 6 nitrogen and oxygen atoms in total. The second kappa shape index (κ2) is 7.74. The molecule has 1 aliphatic rings. The molecule has 0 saturated carbocycles. The number of hydrogen-bond donors (Lipinski definition) is 1. The van der Waals surface area contributed by atoms with Crippen molar-refractivity contribution in [3.8, 4) is 5.75 Å². The van der Waals surface area contributed by atoms with E-state index in [0.717, 1.165) is 0 Å². The molecule has 2 rings (SSSR count). The van der Waals surface area contributed by atoms with Crippen molar-refractivity contribution in [2.75, 3.05) is 18.0 Å². The number of halogens is 1. The zero-order chi connectivity index (χ0) is 20.4. The standard InChI is InChI=1S/C20H28FNO5/c1-19(2,3)27-18(25)20(4,5)26-14-8-9-15(21)16(11-14)22-10-6-7-13(12-22)17(23)24/h8-9,11,13H,6-7,10,12H2,1-5H3,(H,23,24). The third-order valence-corrected chi connectivity index (χ3v) is 4.29. The second-order valence-corrected chi connectivity index (χ2v) is 8.35. The molecule has 1 fully saturated rings. The number of esters is 1. The SMILES string of the molecule is CC(C)(C)OC(=O)C(C)(C)Oc1ccc(F)c(N2CCCC(C(=O)O)C2)c1. The molecule has 0 amide bonds. The van der Waals surface area contributed by atoms with Gasteiger partial charge < -0.3 is 19.5 Å². The molecule has 0 aliphatic carbocycles. The minimum atomic E-state index is -1.26. The van der Waals surface area contributed by atoms with Gasteiger partial charge in [-0.2, -0.15) is 0 Å². The maximum atomic E-state index is 14.4. The lowest BCUT2D eigenvalue weighted by molar-refractivity contribution is -0.170. The molecule has 0 radical (unpaired) electrons. The van der Waals surface area contributed by atoms with E-state index in [0.29, 0.717) is 25.1 Å². The molecule has 1 unspecified atom stereocenters. The van der Waals surface area contributed by atoms with Crippen LogP contribution in [0.15, 0.2) is 18.2 Å². The first-order chi connectivity index (χ1) is 12.4. The van der Waals surface area contributed by atoms with Crippen molar-refractivity contribution < 1.29 is 28.6 Å². The van der Waals surface area contributed by atoms with Gasteiger partial charge in [-0.1, -0.05) is 0 Å². The molecule has 27 heavy (non-hydrogen) atoms. The number of carbonyl (C=O) groups excluding carboxylic acids is 1. The maximum absolute atomic E-state index is 14.4. The number of aliphatic carboxylic acids is 1. The van der Waals surface area contributed by atoms with Crippen molar-refractivity contribution in [1.29, 1.82) is 0 Å². The number of carbonyl (C=O) groups is 2. The van der Waals surface area contributed by atoms with Crippen molar-refractivity contribution in [2.24, 2.45) is 5.92 Å². The number of piperidine rings is 1. The van der Waals surface area contributed by atoms with Gasteiger partial charge in [-0.05, 0) is 59.6 Å².